The monoisotopic (exact) mass is 506 g/mol. The predicted octanol–water partition coefficient (Wildman–Crippen LogP) is 3.08. The van der Waals surface area contributed by atoms with Crippen LogP contribution in [0.1, 0.15) is 38.3 Å². The predicted molar refractivity (Wildman–Crippen MR) is 135 cm³/mol. The van der Waals surface area contributed by atoms with Crippen LogP contribution in [0.5, 0.6) is 0 Å². The molecule has 0 aliphatic rings. The summed E-state index contributed by atoms with van der Waals surface area (Å²) in [5.41, 5.74) is 1.58. The molecule has 0 aliphatic heterocycles. The molecule has 0 bridgehead atoms. The molecule has 1 N–H and O–H groups in total. The average Bonchev–Trinajstić information content (AvgIpc) is 2.78. The molecule has 0 saturated heterocycles. The number of halogens is 1. The number of anilines is 1. The van der Waals surface area contributed by atoms with Crippen LogP contribution in [-0.4, -0.2) is 62.2 Å². The lowest BCUT2D eigenvalue weighted by Gasteiger charge is -2.34. The van der Waals surface area contributed by atoms with Crippen molar-refractivity contribution < 1.29 is 22.4 Å². The molecule has 0 fully saturated rings. The van der Waals surface area contributed by atoms with Crippen LogP contribution in [0, 0.1) is 12.7 Å². The Balaban J connectivity index is 2.51. The fourth-order valence-electron chi connectivity index (χ4n) is 3.55. The topological polar surface area (TPSA) is 90.0 Å². The second kappa shape index (κ2) is 12.1. The van der Waals surface area contributed by atoms with Crippen molar-refractivity contribution >= 4 is 27.7 Å². The van der Waals surface area contributed by atoms with Gasteiger partial charge in [-0.25, -0.2) is 8.70 Å². The van der Waals surface area contributed by atoms with Gasteiger partial charge >= 0.3 is 10.2 Å². The van der Waals surface area contributed by atoms with Gasteiger partial charge in [0.15, 0.2) is 0 Å². The lowest BCUT2D eigenvalue weighted by atomic mass is 10.1. The van der Waals surface area contributed by atoms with Gasteiger partial charge in [-0.3, -0.25) is 9.59 Å². The van der Waals surface area contributed by atoms with Gasteiger partial charge in [0, 0.05) is 26.7 Å². The summed E-state index contributed by atoms with van der Waals surface area (Å²) < 4.78 is 42.5. The Bertz CT molecular complexity index is 1120. The lowest BCUT2D eigenvalue weighted by Crippen LogP contribution is -2.54. The summed E-state index contributed by atoms with van der Waals surface area (Å²) in [6.45, 7) is 6.79. The number of nitrogens with zero attached hydrogens (tertiary/aromatic N) is 3. The first-order chi connectivity index (χ1) is 16.4. The molecule has 1 atom stereocenters. The highest BCUT2D eigenvalue weighted by Crippen LogP contribution is 2.24. The first kappa shape index (κ1) is 28.3. The van der Waals surface area contributed by atoms with Crippen LogP contribution in [0.3, 0.4) is 0 Å². The Morgan fingerprint density at radius 3 is 2.14 bits per heavy atom. The van der Waals surface area contributed by atoms with Crippen molar-refractivity contribution in [2.24, 2.45) is 0 Å². The van der Waals surface area contributed by atoms with Crippen LogP contribution in [-0.2, 0) is 26.3 Å². The van der Waals surface area contributed by atoms with Crippen molar-refractivity contribution in [2.75, 3.05) is 24.9 Å². The molecular weight excluding hydrogens is 471 g/mol. The summed E-state index contributed by atoms with van der Waals surface area (Å²) in [4.78, 5) is 28.0. The fourth-order valence-corrected chi connectivity index (χ4v) is 4.61. The van der Waals surface area contributed by atoms with E-state index < -0.39 is 34.5 Å². The van der Waals surface area contributed by atoms with E-state index in [2.05, 4.69) is 5.32 Å². The van der Waals surface area contributed by atoms with Crippen molar-refractivity contribution in [1.29, 1.82) is 0 Å². The van der Waals surface area contributed by atoms with Crippen LogP contribution < -0.4 is 9.62 Å². The molecule has 2 rings (SSSR count). The summed E-state index contributed by atoms with van der Waals surface area (Å²) >= 11 is 0. The standard InChI is InChI=1S/C25H35FN4O4S/c1-7-22(25(32)27-18(2)3)29(16-20-14-12-19(4)13-15-20)24(31)17-30(35(33,34)28(5)6)23-11-9-8-10-21(23)26/h8-15,18,22H,7,16-17H2,1-6H3,(H,27,32)/t22-/m1/s1. The number of rotatable bonds is 11. The summed E-state index contributed by atoms with van der Waals surface area (Å²) in [7, 11) is -1.60. The third kappa shape index (κ3) is 7.25. The van der Waals surface area contributed by atoms with Crippen molar-refractivity contribution in [3.8, 4) is 0 Å². The number of hydrogen-bond acceptors (Lipinski definition) is 4. The summed E-state index contributed by atoms with van der Waals surface area (Å²) in [6.07, 6.45) is 0.316. The molecule has 10 heteroatoms. The fraction of sp³-hybridized carbons (Fsp3) is 0.440. The first-order valence-corrected chi connectivity index (χ1v) is 12.9. The van der Waals surface area contributed by atoms with Crippen molar-refractivity contribution in [2.45, 2.75) is 52.7 Å². The molecule has 8 nitrogen and oxygen atoms in total. The normalized spacial score (nSPS) is 12.5. The van der Waals surface area contributed by atoms with E-state index in [0.717, 1.165) is 25.8 Å². The van der Waals surface area contributed by atoms with Gasteiger partial charge in [0.1, 0.15) is 18.4 Å². The third-order valence-electron chi connectivity index (χ3n) is 5.43. The van der Waals surface area contributed by atoms with E-state index in [1.165, 1.54) is 37.2 Å². The zero-order valence-electron chi connectivity index (χ0n) is 21.2. The second-order valence-electron chi connectivity index (χ2n) is 8.84. The van der Waals surface area contributed by atoms with Gasteiger partial charge in [-0.1, -0.05) is 48.9 Å². The number of benzene rings is 2. The van der Waals surface area contributed by atoms with Crippen LogP contribution in [0.25, 0.3) is 0 Å². The molecule has 0 saturated carbocycles. The van der Waals surface area contributed by atoms with Crippen molar-refractivity contribution in [3.05, 3.63) is 65.5 Å². The highest BCUT2D eigenvalue weighted by molar-refractivity contribution is 7.90. The quantitative estimate of drug-likeness (QED) is 0.507. The number of aryl methyl sites for hydroxylation is 1. The molecule has 0 spiro atoms. The van der Waals surface area contributed by atoms with Crippen LogP contribution in [0.4, 0.5) is 10.1 Å². The number of amides is 2. The second-order valence-corrected chi connectivity index (χ2v) is 10.9. The van der Waals surface area contributed by atoms with Gasteiger partial charge in [0.25, 0.3) is 0 Å². The number of carbonyl (C=O) groups excluding carboxylic acids is 2. The van der Waals surface area contributed by atoms with E-state index in [-0.39, 0.29) is 24.2 Å². The maximum atomic E-state index is 14.7. The van der Waals surface area contributed by atoms with Gasteiger partial charge in [0.05, 0.1) is 5.69 Å². The molecule has 2 aromatic rings. The van der Waals surface area contributed by atoms with Crippen molar-refractivity contribution in [3.63, 3.8) is 0 Å². The van der Waals surface area contributed by atoms with Gasteiger partial charge in [-0.05, 0) is 44.9 Å². The van der Waals surface area contributed by atoms with Gasteiger partial charge in [-0.15, -0.1) is 0 Å². The van der Waals surface area contributed by atoms with Gasteiger partial charge in [-0.2, -0.15) is 12.7 Å². The largest absolute Gasteiger partial charge is 0.352 e. The van der Waals surface area contributed by atoms with Crippen LogP contribution in [0.2, 0.25) is 0 Å². The van der Waals surface area contributed by atoms with E-state index in [0.29, 0.717) is 6.42 Å². The summed E-state index contributed by atoms with van der Waals surface area (Å²) in [6, 6.07) is 11.9. The zero-order chi connectivity index (χ0) is 26.3. The molecule has 0 radical (unpaired) electrons. The van der Waals surface area contributed by atoms with E-state index in [1.807, 2.05) is 45.0 Å². The average molecular weight is 507 g/mol. The Morgan fingerprint density at radius 1 is 1.03 bits per heavy atom. The summed E-state index contributed by atoms with van der Waals surface area (Å²) in [5, 5.41) is 2.83. The van der Waals surface area contributed by atoms with Crippen LogP contribution >= 0.6 is 0 Å². The highest BCUT2D eigenvalue weighted by Gasteiger charge is 2.34. The molecule has 0 heterocycles. The Morgan fingerprint density at radius 2 is 1.63 bits per heavy atom. The molecule has 192 valence electrons. The number of nitrogens with one attached hydrogen (secondary N) is 1. The number of para-hydroxylation sites is 1. The molecular formula is C25H35FN4O4S. The zero-order valence-corrected chi connectivity index (χ0v) is 22.0. The third-order valence-corrected chi connectivity index (χ3v) is 7.24. The number of hydrogen-bond donors (Lipinski definition) is 1. The number of carbonyl (C=O) groups is 2. The first-order valence-electron chi connectivity index (χ1n) is 11.5. The summed E-state index contributed by atoms with van der Waals surface area (Å²) in [5.74, 6) is -1.73. The molecule has 0 aromatic heterocycles. The Hall–Kier alpha value is -2.98. The minimum absolute atomic E-state index is 0.0935. The molecule has 0 unspecified atom stereocenters. The van der Waals surface area contributed by atoms with Gasteiger partial charge < -0.3 is 10.2 Å². The van der Waals surface area contributed by atoms with Crippen molar-refractivity contribution in [1.82, 2.24) is 14.5 Å². The van der Waals surface area contributed by atoms with E-state index in [9.17, 15) is 22.4 Å². The SMILES string of the molecule is CC[C@H](C(=O)NC(C)C)N(Cc1ccc(C)cc1)C(=O)CN(c1ccccc1F)S(=O)(=O)N(C)C. The minimum atomic E-state index is -4.21. The molecule has 2 aromatic carbocycles. The van der Waals surface area contributed by atoms with Crippen LogP contribution in [0.15, 0.2) is 48.5 Å². The Labute approximate surface area is 207 Å². The minimum Gasteiger partial charge on any atom is -0.352 e. The lowest BCUT2D eigenvalue weighted by molar-refractivity contribution is -0.140. The maximum absolute atomic E-state index is 14.7. The molecule has 35 heavy (non-hydrogen) atoms. The van der Waals surface area contributed by atoms with E-state index in [4.69, 9.17) is 0 Å². The molecule has 0 aliphatic carbocycles. The maximum Gasteiger partial charge on any atom is 0.304 e. The van der Waals surface area contributed by atoms with Gasteiger partial charge in [0.2, 0.25) is 11.8 Å². The smallest absolute Gasteiger partial charge is 0.304 e. The van der Waals surface area contributed by atoms with E-state index >= 15 is 0 Å². The van der Waals surface area contributed by atoms with E-state index in [1.54, 1.807) is 6.92 Å². The molecule has 2 amide bonds. The highest BCUT2D eigenvalue weighted by atomic mass is 32.2. The Kier molecular flexibility index (Phi) is 9.79.